The molecule has 3 aromatic rings. The van der Waals surface area contributed by atoms with Crippen molar-refractivity contribution in [3.05, 3.63) is 95.6 Å². The summed E-state index contributed by atoms with van der Waals surface area (Å²) in [4.78, 5) is 39.6. The van der Waals surface area contributed by atoms with Crippen molar-refractivity contribution in [1.82, 2.24) is 5.32 Å². The van der Waals surface area contributed by atoms with E-state index < -0.39 is 36.1 Å². The van der Waals surface area contributed by atoms with Gasteiger partial charge in [0.15, 0.2) is 11.5 Å². The maximum absolute atomic E-state index is 13.5. The van der Waals surface area contributed by atoms with E-state index in [1.54, 1.807) is 14.2 Å². The fraction of sp³-hybridized carbons (Fsp3) is 0.500. The second-order valence-electron chi connectivity index (χ2n) is 13.8. The van der Waals surface area contributed by atoms with Gasteiger partial charge in [-0.25, -0.2) is 4.79 Å². The number of methoxy groups -OCH3 is 2. The highest BCUT2D eigenvalue weighted by molar-refractivity contribution is 5.73. The van der Waals surface area contributed by atoms with Crippen LogP contribution in [0.4, 0.5) is 4.79 Å². The van der Waals surface area contributed by atoms with E-state index in [-0.39, 0.29) is 37.4 Å². The van der Waals surface area contributed by atoms with Crippen molar-refractivity contribution in [2.75, 3.05) is 27.4 Å². The first-order chi connectivity index (χ1) is 25.0. The van der Waals surface area contributed by atoms with Crippen molar-refractivity contribution in [2.24, 2.45) is 23.7 Å². The Hall–Kier alpha value is -4.57. The summed E-state index contributed by atoms with van der Waals surface area (Å²) in [6.45, 7) is 10.7. The Bertz CT molecular complexity index is 1500. The zero-order valence-electron chi connectivity index (χ0n) is 31.8. The van der Waals surface area contributed by atoms with E-state index in [1.807, 2.05) is 92.7 Å². The highest BCUT2D eigenvalue weighted by Crippen LogP contribution is 2.33. The van der Waals surface area contributed by atoms with Gasteiger partial charge >= 0.3 is 18.0 Å². The van der Waals surface area contributed by atoms with Crippen molar-refractivity contribution < 1.29 is 42.8 Å². The lowest BCUT2D eigenvalue weighted by molar-refractivity contribution is -0.158. The maximum atomic E-state index is 13.5. The molecule has 52 heavy (non-hydrogen) atoms. The summed E-state index contributed by atoms with van der Waals surface area (Å²) in [5.41, 5.74) is 2.74. The standard InChI is InChI=1S/C42H57NO9/c1-29(2)35(23-34-19-20-38(48-7)40(24-34)49-22-14-21-47-6)25-37(43-42(46)51-28-33-17-12-9-13-18-33)39(52-31(5)44)26-36(30(3)4)41(45)50-27-32-15-10-8-11-16-32/h8-13,15-20,24,29-30,35-37,39H,14,21-23,25-28H2,1-7H3,(H,43,46). The van der Waals surface area contributed by atoms with Crippen LogP contribution in [0.15, 0.2) is 78.9 Å². The smallest absolute Gasteiger partial charge is 0.407 e. The summed E-state index contributed by atoms with van der Waals surface area (Å²) < 4.78 is 34.1. The molecule has 0 aliphatic carbocycles. The Balaban J connectivity index is 1.89. The molecule has 0 aliphatic rings. The summed E-state index contributed by atoms with van der Waals surface area (Å²) in [6, 6.07) is 24.1. The highest BCUT2D eigenvalue weighted by Gasteiger charge is 2.36. The molecule has 0 aliphatic heterocycles. The fourth-order valence-corrected chi connectivity index (χ4v) is 6.02. The summed E-state index contributed by atoms with van der Waals surface area (Å²) in [7, 11) is 3.27. The van der Waals surface area contributed by atoms with Crippen LogP contribution in [-0.4, -0.2) is 57.6 Å². The number of benzene rings is 3. The molecule has 0 aromatic heterocycles. The minimum Gasteiger partial charge on any atom is -0.493 e. The van der Waals surface area contributed by atoms with E-state index in [0.29, 0.717) is 37.6 Å². The summed E-state index contributed by atoms with van der Waals surface area (Å²) in [5, 5.41) is 3.03. The van der Waals surface area contributed by atoms with Crippen LogP contribution in [0.3, 0.4) is 0 Å². The van der Waals surface area contributed by atoms with Crippen LogP contribution in [0.2, 0.25) is 0 Å². The first kappa shape index (κ1) is 41.8. The molecule has 0 radical (unpaired) electrons. The Morgan fingerprint density at radius 1 is 0.712 bits per heavy atom. The molecule has 1 N–H and O–H groups in total. The lowest BCUT2D eigenvalue weighted by Gasteiger charge is -2.34. The maximum Gasteiger partial charge on any atom is 0.407 e. The molecule has 0 fully saturated rings. The topological polar surface area (TPSA) is 119 Å². The Labute approximate surface area is 309 Å². The van der Waals surface area contributed by atoms with Gasteiger partial charge in [0, 0.05) is 27.1 Å². The lowest BCUT2D eigenvalue weighted by Crippen LogP contribution is -2.48. The van der Waals surface area contributed by atoms with Crippen LogP contribution in [0, 0.1) is 23.7 Å². The number of nitrogens with one attached hydrogen (secondary N) is 1. The van der Waals surface area contributed by atoms with Crippen LogP contribution in [0.5, 0.6) is 11.5 Å². The number of carbonyl (C=O) groups is 3. The third-order valence-electron chi connectivity index (χ3n) is 9.08. The molecule has 0 heterocycles. The van der Waals surface area contributed by atoms with E-state index in [4.69, 9.17) is 28.4 Å². The van der Waals surface area contributed by atoms with Gasteiger partial charge in [-0.3, -0.25) is 9.59 Å². The van der Waals surface area contributed by atoms with Gasteiger partial charge in [-0.2, -0.15) is 0 Å². The zero-order chi connectivity index (χ0) is 37.9. The first-order valence-electron chi connectivity index (χ1n) is 18.1. The van der Waals surface area contributed by atoms with Crippen LogP contribution < -0.4 is 14.8 Å². The van der Waals surface area contributed by atoms with Crippen molar-refractivity contribution in [1.29, 1.82) is 0 Å². The third-order valence-corrected chi connectivity index (χ3v) is 9.08. The molecule has 10 nitrogen and oxygen atoms in total. The lowest BCUT2D eigenvalue weighted by atomic mass is 9.80. The average Bonchev–Trinajstić information content (AvgIpc) is 3.13. The van der Waals surface area contributed by atoms with Gasteiger partial charge in [-0.15, -0.1) is 0 Å². The SMILES string of the molecule is COCCCOc1cc(CC(CC(NC(=O)OCc2ccccc2)C(CC(C(=O)OCc2ccccc2)C(C)C)OC(C)=O)C(C)C)ccc1OC. The normalized spacial score (nSPS) is 13.5. The van der Waals surface area contributed by atoms with E-state index in [2.05, 4.69) is 19.2 Å². The summed E-state index contributed by atoms with van der Waals surface area (Å²) >= 11 is 0. The predicted octanol–water partition coefficient (Wildman–Crippen LogP) is 7.95. The third kappa shape index (κ3) is 14.6. The van der Waals surface area contributed by atoms with E-state index in [9.17, 15) is 14.4 Å². The molecular formula is C42H57NO9. The van der Waals surface area contributed by atoms with Crippen molar-refractivity contribution in [2.45, 2.75) is 85.7 Å². The molecule has 3 rings (SSSR count). The molecule has 0 saturated carbocycles. The molecular weight excluding hydrogens is 662 g/mol. The molecule has 3 aromatic carbocycles. The van der Waals surface area contributed by atoms with Gasteiger partial charge in [0.25, 0.3) is 0 Å². The number of hydrogen-bond acceptors (Lipinski definition) is 9. The van der Waals surface area contributed by atoms with Gasteiger partial charge in [-0.05, 0) is 65.8 Å². The van der Waals surface area contributed by atoms with Crippen molar-refractivity contribution in [3.8, 4) is 11.5 Å². The molecule has 4 atom stereocenters. The van der Waals surface area contributed by atoms with Crippen LogP contribution >= 0.6 is 0 Å². The Morgan fingerprint density at radius 2 is 1.35 bits per heavy atom. The van der Waals surface area contributed by atoms with E-state index >= 15 is 0 Å². The zero-order valence-corrected chi connectivity index (χ0v) is 31.8. The van der Waals surface area contributed by atoms with Crippen molar-refractivity contribution in [3.63, 3.8) is 0 Å². The van der Waals surface area contributed by atoms with E-state index in [1.165, 1.54) is 6.92 Å². The minimum atomic E-state index is -0.838. The highest BCUT2D eigenvalue weighted by atomic mass is 16.6. The minimum absolute atomic E-state index is 0.0229. The fourth-order valence-electron chi connectivity index (χ4n) is 6.02. The quantitative estimate of drug-likeness (QED) is 0.0627. The number of amides is 1. The number of rotatable bonds is 22. The van der Waals surface area contributed by atoms with Crippen LogP contribution in [0.25, 0.3) is 0 Å². The molecule has 1 amide bonds. The molecule has 284 valence electrons. The number of alkyl carbamates (subject to hydrolysis) is 1. The molecule has 0 bridgehead atoms. The number of carbonyl (C=O) groups excluding carboxylic acids is 3. The second kappa shape index (κ2) is 22.4. The number of ether oxygens (including phenoxy) is 6. The first-order valence-corrected chi connectivity index (χ1v) is 18.1. The van der Waals surface area contributed by atoms with Gasteiger partial charge in [0.05, 0.1) is 25.7 Å². The van der Waals surface area contributed by atoms with Gasteiger partial charge < -0.3 is 33.7 Å². The largest absolute Gasteiger partial charge is 0.493 e. The second-order valence-corrected chi connectivity index (χ2v) is 13.8. The molecule has 4 unspecified atom stereocenters. The Kier molecular flexibility index (Phi) is 18.0. The van der Waals surface area contributed by atoms with E-state index in [0.717, 1.165) is 23.1 Å². The van der Waals surface area contributed by atoms with Gasteiger partial charge in [0.1, 0.15) is 19.3 Å². The molecule has 10 heteroatoms. The Morgan fingerprint density at radius 3 is 1.90 bits per heavy atom. The predicted molar refractivity (Wildman–Crippen MR) is 200 cm³/mol. The van der Waals surface area contributed by atoms with Crippen LogP contribution in [-0.2, 0) is 48.2 Å². The number of esters is 2. The summed E-state index contributed by atoms with van der Waals surface area (Å²) in [6.07, 6.45) is 0.498. The average molecular weight is 720 g/mol. The molecule has 0 spiro atoms. The monoisotopic (exact) mass is 719 g/mol. The van der Waals surface area contributed by atoms with Crippen LogP contribution in [0.1, 0.15) is 70.6 Å². The summed E-state index contributed by atoms with van der Waals surface area (Å²) in [5.74, 6) is -0.160. The van der Waals surface area contributed by atoms with Gasteiger partial charge in [0.2, 0.25) is 0 Å². The van der Waals surface area contributed by atoms with Crippen molar-refractivity contribution >= 4 is 18.0 Å². The number of hydrogen-bond donors (Lipinski definition) is 1. The molecule has 0 saturated heterocycles. The van der Waals surface area contributed by atoms with Gasteiger partial charge in [-0.1, -0.05) is 94.4 Å².